The summed E-state index contributed by atoms with van der Waals surface area (Å²) in [6, 6.07) is 25.5. The van der Waals surface area contributed by atoms with Gasteiger partial charge in [-0.25, -0.2) is 87.8 Å². The van der Waals surface area contributed by atoms with Crippen molar-refractivity contribution in [3.05, 3.63) is 207 Å². The molecule has 0 bridgehead atoms. The zero-order chi connectivity index (χ0) is 52.1. The van der Waals surface area contributed by atoms with Gasteiger partial charge in [-0.2, -0.15) is 0 Å². The Balaban J connectivity index is 0.000000270. The number of rotatable bonds is 10. The molecule has 0 saturated carbocycles. The Kier molecular flexibility index (Phi) is 14.7. The molecular weight excluding hydrogens is 1010 g/mol. The fraction of sp³-hybridized carbons (Fsp3) is 0.0444. The Hall–Kier alpha value is -7.18. The summed E-state index contributed by atoms with van der Waals surface area (Å²) in [6.07, 6.45) is -5.58. The molecule has 0 heterocycles. The predicted molar refractivity (Wildman–Crippen MR) is 210 cm³/mol. The van der Waals surface area contributed by atoms with E-state index < -0.39 is 154 Å². The van der Waals surface area contributed by atoms with Crippen molar-refractivity contribution in [3.8, 4) is 11.5 Å². The van der Waals surface area contributed by atoms with Crippen LogP contribution < -0.4 is 26.6 Å². The van der Waals surface area contributed by atoms with Crippen LogP contribution in [0.5, 0.6) is 11.5 Å². The van der Waals surface area contributed by atoms with E-state index in [1.807, 2.05) is 48.5 Å². The van der Waals surface area contributed by atoms with Gasteiger partial charge in [0, 0.05) is 5.56 Å². The van der Waals surface area contributed by atoms with Crippen molar-refractivity contribution < 1.29 is 102 Å². The topological polar surface area (TPSA) is 43.4 Å². The van der Waals surface area contributed by atoms with Gasteiger partial charge in [0.2, 0.25) is 5.78 Å². The van der Waals surface area contributed by atoms with E-state index in [4.69, 9.17) is 4.74 Å². The third kappa shape index (κ3) is 8.74. The molecule has 0 aliphatic rings. The van der Waals surface area contributed by atoms with Crippen LogP contribution >= 0.6 is 0 Å². The van der Waals surface area contributed by atoms with Gasteiger partial charge in [0.05, 0.1) is 0 Å². The first-order chi connectivity index (χ1) is 32.7. The molecule has 366 valence electrons. The van der Waals surface area contributed by atoms with E-state index >= 15 is 35.1 Å². The second kappa shape index (κ2) is 19.7. The first-order valence-corrected chi connectivity index (χ1v) is 21.0. The molecule has 0 N–H and O–H groups in total. The lowest BCUT2D eigenvalue weighted by molar-refractivity contribution is 0.102. The number of hydrogen-bond acceptors (Lipinski definition) is 3. The second-order valence-electron chi connectivity index (χ2n) is 14.6. The third-order valence-electron chi connectivity index (χ3n) is 10.5. The molecule has 0 aromatic heterocycles. The van der Waals surface area contributed by atoms with Crippen molar-refractivity contribution in [2.24, 2.45) is 0 Å². The average molecular weight is 1030 g/mol. The van der Waals surface area contributed by atoms with E-state index in [0.717, 1.165) is 5.75 Å². The Bertz CT molecular complexity index is 2890. The summed E-state index contributed by atoms with van der Waals surface area (Å²) < 4.78 is 313. The summed E-state index contributed by atoms with van der Waals surface area (Å²) >= 11 is 0. The highest BCUT2D eigenvalue weighted by Gasteiger charge is 2.52. The van der Waals surface area contributed by atoms with Gasteiger partial charge in [-0.05, 0) is 48.5 Å². The smallest absolute Gasteiger partial charge is 0.212 e. The number of para-hydroxylation sites is 1. The van der Waals surface area contributed by atoms with Gasteiger partial charge in [0.15, 0.2) is 80.5 Å². The first kappa shape index (κ1) is 52.2. The van der Waals surface area contributed by atoms with Crippen LogP contribution in [-0.4, -0.2) is 23.9 Å². The number of Topliss-reactive ketones (excluding diaryl/α,β-unsaturated/α-hetero) is 1. The number of benzene rings is 7. The molecule has 70 heavy (non-hydrogen) atoms. The van der Waals surface area contributed by atoms with Gasteiger partial charge in [-0.3, -0.25) is 4.79 Å². The van der Waals surface area contributed by atoms with Gasteiger partial charge >= 0.3 is 0 Å². The summed E-state index contributed by atoms with van der Waals surface area (Å²) in [5, 5.41) is 0. The van der Waals surface area contributed by atoms with Crippen molar-refractivity contribution in [2.75, 3.05) is 12.0 Å². The third-order valence-corrected chi connectivity index (χ3v) is 12.6. The minimum atomic E-state index is -7.22. The number of carbonyl (C=O) groups is 1. The first-order valence-electron chi connectivity index (χ1n) is 18.9. The van der Waals surface area contributed by atoms with Crippen molar-refractivity contribution in [1.82, 2.24) is 0 Å². The molecule has 7 aromatic rings. The van der Waals surface area contributed by atoms with Crippen LogP contribution in [0.15, 0.2) is 89.8 Å². The monoisotopic (exact) mass is 1030 g/mol. The minimum absolute atomic E-state index is 0.00407. The van der Waals surface area contributed by atoms with E-state index in [1.54, 1.807) is 42.7 Å². The van der Waals surface area contributed by atoms with Crippen LogP contribution in [0.2, 0.25) is 0 Å². The largest absolute Gasteiger partial charge is 0.457 e. The molecule has 25 heteroatoms. The van der Waals surface area contributed by atoms with Crippen LogP contribution in [0.25, 0.3) is 0 Å². The molecule has 0 fully saturated rings. The maximum Gasteiger partial charge on any atom is 0.212 e. The van der Waals surface area contributed by atoms with Crippen LogP contribution in [0.3, 0.4) is 0 Å². The van der Waals surface area contributed by atoms with Crippen LogP contribution in [0.4, 0.5) is 87.8 Å². The van der Waals surface area contributed by atoms with E-state index in [0.29, 0.717) is 16.2 Å². The number of ketones is 1. The van der Waals surface area contributed by atoms with Gasteiger partial charge in [0.1, 0.15) is 80.4 Å². The Morgan fingerprint density at radius 1 is 0.371 bits per heavy atom. The molecule has 0 aliphatic heterocycles. The van der Waals surface area contributed by atoms with Crippen LogP contribution in [0.1, 0.15) is 10.4 Å². The molecule has 0 radical (unpaired) electrons. The van der Waals surface area contributed by atoms with Gasteiger partial charge in [-0.1, -0.05) is 40.6 Å². The highest BCUT2D eigenvalue weighted by Crippen LogP contribution is 2.31. The maximum atomic E-state index is 15.4. The molecule has 0 spiro atoms. The van der Waals surface area contributed by atoms with E-state index in [-0.39, 0.29) is 11.5 Å². The highest BCUT2D eigenvalue weighted by atomic mass is 32.2. The quantitative estimate of drug-likeness (QED) is 0.0342. The number of halogens is 20. The lowest BCUT2D eigenvalue weighted by Gasteiger charge is -2.44. The van der Waals surface area contributed by atoms with Gasteiger partial charge < -0.3 is 4.74 Å². The van der Waals surface area contributed by atoms with Crippen LogP contribution in [-0.2, 0) is 14.1 Å². The summed E-state index contributed by atoms with van der Waals surface area (Å²) in [6.45, 7) is 0. The molecule has 7 aromatic carbocycles. The zero-order valence-corrected chi connectivity index (χ0v) is 34.9. The maximum absolute atomic E-state index is 15.4. The van der Waals surface area contributed by atoms with Crippen molar-refractivity contribution in [1.29, 1.82) is 0 Å². The molecule has 1 atom stereocenters. The molecule has 1 unspecified atom stereocenters. The molecule has 7 rings (SSSR count). The number of carbonyl (C=O) groups excluding carboxylic acids is 1. The Labute approximate surface area is 379 Å². The second-order valence-corrected chi connectivity index (χ2v) is 17.4. The number of ether oxygens (including phenoxy) is 1. The normalized spacial score (nSPS) is 12.4. The summed E-state index contributed by atoms with van der Waals surface area (Å²) in [5.41, 5.74) is -13.8. The summed E-state index contributed by atoms with van der Waals surface area (Å²) in [4.78, 5) is 13.2. The van der Waals surface area contributed by atoms with E-state index in [2.05, 4.69) is 0 Å². The molecule has 0 saturated heterocycles. The lowest BCUT2D eigenvalue weighted by Crippen LogP contribution is -2.81. The standard InChI is InChI=1S/C24BF20.C21H19O3S/c26-5-1(6(27)14(35)21(42)13(5)34)25(2-7(28)15(36)22(43)16(37)8(2)29,3-9(30)17(38)23(44)18(39)10(3)31)4-11(32)19(40)24(45)20(41)12(4)33;1-25(23,20-10-6-3-7-11-20)16-21(22)17-12-14-19(15-13-17)24-18-8-4-2-5-9-18/h;2-15H,16H2,1H3/q-1;+1. The van der Waals surface area contributed by atoms with E-state index in [9.17, 15) is 61.7 Å². The minimum Gasteiger partial charge on any atom is -0.457 e. The molecular formula is C45H19BF20O3S. The van der Waals surface area contributed by atoms with Crippen molar-refractivity contribution >= 4 is 43.7 Å². The predicted octanol–water partition coefficient (Wildman–Crippen LogP) is 10.7. The Morgan fingerprint density at radius 3 is 0.900 bits per heavy atom. The molecule has 0 aliphatic carbocycles. The van der Waals surface area contributed by atoms with Crippen molar-refractivity contribution in [2.45, 2.75) is 4.90 Å². The fourth-order valence-corrected chi connectivity index (χ4v) is 8.90. The van der Waals surface area contributed by atoms with Gasteiger partial charge in [-0.15, -0.1) is 21.9 Å². The van der Waals surface area contributed by atoms with E-state index in [1.165, 1.54) is 0 Å². The number of hydrogen-bond donors (Lipinski definition) is 0. The zero-order valence-electron chi connectivity index (χ0n) is 34.1. The summed E-state index contributed by atoms with van der Waals surface area (Å²) in [7, 11) is -2.40. The SMILES string of the molecule is C[S+](=O)(CC(=O)c1ccc(Oc2ccccc2)cc1)c1ccccc1.Fc1c(F)c(F)c([B-](c2c(F)c(F)c(F)c(F)c2F)(c2c(F)c(F)c(F)c(F)c2F)c2c(F)c(F)c(F)c(F)c2F)c(F)c1F. The van der Waals surface area contributed by atoms with Gasteiger partial charge in [0.25, 0.3) is 0 Å². The fourth-order valence-electron chi connectivity index (χ4n) is 7.33. The average Bonchev–Trinajstić information content (AvgIpc) is 3.34. The lowest BCUT2D eigenvalue weighted by atomic mass is 9.12. The van der Waals surface area contributed by atoms with Crippen LogP contribution in [0, 0.1) is 116 Å². The molecule has 3 nitrogen and oxygen atoms in total. The highest BCUT2D eigenvalue weighted by molar-refractivity contribution is 8.03. The Morgan fingerprint density at radius 2 is 0.614 bits per heavy atom. The van der Waals surface area contributed by atoms with Crippen molar-refractivity contribution in [3.63, 3.8) is 0 Å². The molecule has 0 amide bonds. The summed E-state index contributed by atoms with van der Waals surface area (Å²) in [5.74, 6) is -70.2.